The number of aromatic nitrogens is 1. The highest BCUT2D eigenvalue weighted by atomic mass is 79.9. The zero-order valence-electron chi connectivity index (χ0n) is 11.8. The Bertz CT molecular complexity index is 812. The summed E-state index contributed by atoms with van der Waals surface area (Å²) in [6.45, 7) is 1.92. The Morgan fingerprint density at radius 3 is 2.59 bits per heavy atom. The van der Waals surface area contributed by atoms with E-state index in [0.717, 1.165) is 20.6 Å². The predicted octanol–water partition coefficient (Wildman–Crippen LogP) is 5.13. The third-order valence-electron chi connectivity index (χ3n) is 3.23. The van der Waals surface area contributed by atoms with Gasteiger partial charge in [0.05, 0.1) is 0 Å². The van der Waals surface area contributed by atoms with Crippen molar-refractivity contribution in [3.8, 4) is 10.6 Å². The van der Waals surface area contributed by atoms with Crippen molar-refractivity contribution in [2.24, 2.45) is 0 Å². The predicted molar refractivity (Wildman–Crippen MR) is 94.4 cm³/mol. The second-order valence-electron chi connectivity index (χ2n) is 4.81. The molecule has 22 heavy (non-hydrogen) atoms. The largest absolute Gasteiger partial charge is 0.306 e. The van der Waals surface area contributed by atoms with E-state index in [2.05, 4.69) is 26.2 Å². The third-order valence-corrected chi connectivity index (χ3v) is 4.65. The first-order valence-electron chi connectivity index (χ1n) is 6.72. The zero-order valence-corrected chi connectivity index (χ0v) is 14.2. The molecule has 110 valence electrons. The van der Waals surface area contributed by atoms with Crippen molar-refractivity contribution < 1.29 is 4.79 Å². The summed E-state index contributed by atoms with van der Waals surface area (Å²) in [5.41, 5.74) is 2.65. The maximum absolute atomic E-state index is 12.3. The summed E-state index contributed by atoms with van der Waals surface area (Å²) in [7, 11) is 0. The molecule has 1 aromatic heterocycles. The summed E-state index contributed by atoms with van der Waals surface area (Å²) >= 11 is 4.92. The number of halogens is 1. The molecule has 0 aliphatic rings. The minimum absolute atomic E-state index is 0.134. The molecule has 0 radical (unpaired) electrons. The fourth-order valence-electron chi connectivity index (χ4n) is 2.07. The van der Waals surface area contributed by atoms with Crippen molar-refractivity contribution in [1.29, 1.82) is 0 Å². The van der Waals surface area contributed by atoms with Crippen molar-refractivity contribution in [1.82, 2.24) is 4.98 Å². The number of carbonyl (C=O) groups excluding carboxylic acids is 1. The number of hydrogen-bond donors (Lipinski definition) is 1. The van der Waals surface area contributed by atoms with E-state index >= 15 is 0 Å². The molecule has 0 unspecified atom stereocenters. The van der Waals surface area contributed by atoms with Gasteiger partial charge in [0, 0.05) is 21.0 Å². The third kappa shape index (κ3) is 3.26. The van der Waals surface area contributed by atoms with Gasteiger partial charge in [-0.15, -0.1) is 11.3 Å². The number of anilines is 1. The number of carbonyl (C=O) groups is 1. The zero-order chi connectivity index (χ0) is 15.5. The number of aryl methyl sites for hydroxylation is 1. The maximum Gasteiger partial charge on any atom is 0.257 e. The lowest BCUT2D eigenvalue weighted by molar-refractivity contribution is 0.102. The maximum atomic E-state index is 12.3. The molecule has 3 aromatic rings. The second-order valence-corrected chi connectivity index (χ2v) is 6.59. The lowest BCUT2D eigenvalue weighted by atomic mass is 10.1. The molecule has 0 bridgehead atoms. The van der Waals surface area contributed by atoms with Gasteiger partial charge in [0.15, 0.2) is 0 Å². The molecular formula is C17H13BrN2OS. The smallest absolute Gasteiger partial charge is 0.257 e. The minimum atomic E-state index is -0.134. The van der Waals surface area contributed by atoms with Crippen LogP contribution in [0.15, 0.2) is 58.4 Å². The highest BCUT2D eigenvalue weighted by Gasteiger charge is 2.11. The van der Waals surface area contributed by atoms with Crippen molar-refractivity contribution in [2.45, 2.75) is 6.92 Å². The number of amides is 1. The van der Waals surface area contributed by atoms with Crippen LogP contribution in [-0.4, -0.2) is 10.9 Å². The Balaban J connectivity index is 1.78. The van der Waals surface area contributed by atoms with Gasteiger partial charge in [0.25, 0.3) is 5.91 Å². The lowest BCUT2D eigenvalue weighted by Crippen LogP contribution is -2.13. The fraction of sp³-hybridized carbons (Fsp3) is 0.0588. The van der Waals surface area contributed by atoms with Crippen LogP contribution in [0.3, 0.4) is 0 Å². The Hall–Kier alpha value is -1.98. The summed E-state index contributed by atoms with van der Waals surface area (Å²) in [4.78, 5) is 16.7. The molecule has 5 heteroatoms. The second kappa shape index (κ2) is 6.42. The Morgan fingerprint density at radius 2 is 1.86 bits per heavy atom. The van der Waals surface area contributed by atoms with E-state index in [9.17, 15) is 4.79 Å². The lowest BCUT2D eigenvalue weighted by Gasteiger charge is -2.04. The van der Waals surface area contributed by atoms with Gasteiger partial charge in [-0.3, -0.25) is 4.79 Å². The van der Waals surface area contributed by atoms with Crippen molar-refractivity contribution in [3.05, 3.63) is 69.5 Å². The molecule has 0 fully saturated rings. The summed E-state index contributed by atoms with van der Waals surface area (Å²) < 4.78 is 1.03. The number of thiazole rings is 1. The van der Waals surface area contributed by atoms with Crippen molar-refractivity contribution in [2.75, 3.05) is 5.32 Å². The molecule has 3 rings (SSSR count). The standard InChI is InChI=1S/C17H13BrN2OS/c1-11-4-2-3-5-14(11)16(21)19-15-10-22-17(20-15)12-6-8-13(18)9-7-12/h2-10H,1H3,(H,19,21). The van der Waals surface area contributed by atoms with E-state index in [1.165, 1.54) is 11.3 Å². The average molecular weight is 373 g/mol. The van der Waals surface area contributed by atoms with E-state index in [4.69, 9.17) is 0 Å². The molecule has 0 aliphatic carbocycles. The van der Waals surface area contributed by atoms with Crippen molar-refractivity contribution in [3.63, 3.8) is 0 Å². The molecule has 1 N–H and O–H groups in total. The molecule has 0 saturated carbocycles. The number of rotatable bonds is 3. The molecule has 1 amide bonds. The fourth-order valence-corrected chi connectivity index (χ4v) is 3.09. The molecule has 0 saturated heterocycles. The Kier molecular flexibility index (Phi) is 4.36. The van der Waals surface area contributed by atoms with Gasteiger partial charge >= 0.3 is 0 Å². The highest BCUT2D eigenvalue weighted by Crippen LogP contribution is 2.27. The first kappa shape index (κ1) is 14.9. The first-order valence-corrected chi connectivity index (χ1v) is 8.39. The van der Waals surface area contributed by atoms with Crippen LogP contribution in [0.5, 0.6) is 0 Å². The Morgan fingerprint density at radius 1 is 1.14 bits per heavy atom. The summed E-state index contributed by atoms with van der Waals surface area (Å²) in [6, 6.07) is 15.4. The molecule has 1 heterocycles. The van der Waals surface area contributed by atoms with Gasteiger partial charge in [0.2, 0.25) is 0 Å². The van der Waals surface area contributed by atoms with Crippen LogP contribution in [0.25, 0.3) is 10.6 Å². The molecule has 0 atom stereocenters. The Labute approximate surface area is 141 Å². The average Bonchev–Trinajstić information content (AvgIpc) is 2.97. The van der Waals surface area contributed by atoms with Gasteiger partial charge < -0.3 is 5.32 Å². The molecule has 2 aromatic carbocycles. The van der Waals surface area contributed by atoms with Crippen LogP contribution in [0.2, 0.25) is 0 Å². The van der Waals surface area contributed by atoms with Gasteiger partial charge in [-0.05, 0) is 30.7 Å². The van der Waals surface area contributed by atoms with Crippen LogP contribution < -0.4 is 5.32 Å². The van der Waals surface area contributed by atoms with Crippen molar-refractivity contribution >= 4 is 39.0 Å². The van der Waals surface area contributed by atoms with E-state index in [1.807, 2.05) is 60.8 Å². The van der Waals surface area contributed by atoms with Crippen LogP contribution >= 0.6 is 27.3 Å². The normalized spacial score (nSPS) is 10.5. The van der Waals surface area contributed by atoms with E-state index in [0.29, 0.717) is 11.4 Å². The van der Waals surface area contributed by atoms with Gasteiger partial charge in [0.1, 0.15) is 10.8 Å². The number of nitrogens with zero attached hydrogens (tertiary/aromatic N) is 1. The van der Waals surface area contributed by atoms with Gasteiger partial charge in [-0.25, -0.2) is 4.98 Å². The van der Waals surface area contributed by atoms with Crippen LogP contribution in [0, 0.1) is 6.92 Å². The quantitative estimate of drug-likeness (QED) is 0.691. The summed E-state index contributed by atoms with van der Waals surface area (Å²) in [5.74, 6) is 0.446. The molecule has 0 aliphatic heterocycles. The first-order chi connectivity index (χ1) is 10.6. The van der Waals surface area contributed by atoms with Crippen LogP contribution in [0.1, 0.15) is 15.9 Å². The van der Waals surface area contributed by atoms with Gasteiger partial charge in [-0.2, -0.15) is 0 Å². The van der Waals surface area contributed by atoms with Crippen LogP contribution in [-0.2, 0) is 0 Å². The van der Waals surface area contributed by atoms with E-state index < -0.39 is 0 Å². The summed E-state index contributed by atoms with van der Waals surface area (Å²) in [5, 5.41) is 5.59. The number of benzene rings is 2. The van der Waals surface area contributed by atoms with E-state index in [-0.39, 0.29) is 5.91 Å². The van der Waals surface area contributed by atoms with Gasteiger partial charge in [-0.1, -0.05) is 46.3 Å². The summed E-state index contributed by atoms with van der Waals surface area (Å²) in [6.07, 6.45) is 0. The van der Waals surface area contributed by atoms with Crippen LogP contribution in [0.4, 0.5) is 5.82 Å². The topological polar surface area (TPSA) is 42.0 Å². The highest BCUT2D eigenvalue weighted by molar-refractivity contribution is 9.10. The number of hydrogen-bond acceptors (Lipinski definition) is 3. The van der Waals surface area contributed by atoms with E-state index in [1.54, 1.807) is 0 Å². The number of nitrogens with one attached hydrogen (secondary N) is 1. The molecule has 3 nitrogen and oxygen atoms in total. The molecule has 0 spiro atoms. The molecular weight excluding hydrogens is 360 g/mol. The SMILES string of the molecule is Cc1ccccc1C(=O)Nc1csc(-c2ccc(Br)cc2)n1. The minimum Gasteiger partial charge on any atom is -0.306 e. The monoisotopic (exact) mass is 372 g/mol.